The maximum absolute atomic E-state index is 12.9. The number of aryl methyl sites for hydroxylation is 1. The Bertz CT molecular complexity index is 905. The molecule has 1 aliphatic rings. The molecule has 1 atom stereocenters. The lowest BCUT2D eigenvalue weighted by atomic mass is 9.89. The summed E-state index contributed by atoms with van der Waals surface area (Å²) < 4.78 is 6.58. The van der Waals surface area contributed by atoms with Gasteiger partial charge >= 0.3 is 12.1 Å². The van der Waals surface area contributed by atoms with Gasteiger partial charge in [0.1, 0.15) is 17.8 Å². The zero-order valence-electron chi connectivity index (χ0n) is 15.4. The lowest BCUT2D eigenvalue weighted by Crippen LogP contribution is -2.47. The van der Waals surface area contributed by atoms with Crippen molar-refractivity contribution in [3.8, 4) is 0 Å². The molecule has 1 unspecified atom stereocenters. The summed E-state index contributed by atoms with van der Waals surface area (Å²) in [5.41, 5.74) is -0.761. The first-order valence-electron chi connectivity index (χ1n) is 8.59. The molecule has 1 saturated heterocycles. The molecule has 1 aliphatic heterocycles. The van der Waals surface area contributed by atoms with Crippen LogP contribution in [-0.4, -0.2) is 45.1 Å². The Hall–Kier alpha value is -3.63. The van der Waals surface area contributed by atoms with E-state index in [1.54, 1.807) is 32.3 Å². The van der Waals surface area contributed by atoms with E-state index in [0.29, 0.717) is 11.3 Å². The third kappa shape index (κ3) is 3.59. The molecule has 0 aromatic carbocycles. The van der Waals surface area contributed by atoms with Gasteiger partial charge in [-0.05, 0) is 18.6 Å². The van der Waals surface area contributed by atoms with Crippen LogP contribution in [-0.2, 0) is 28.7 Å². The number of aromatic nitrogens is 2. The number of carbonyl (C=O) groups excluding carboxylic acids is 4. The molecule has 0 aliphatic carbocycles. The first-order chi connectivity index (χ1) is 13.4. The summed E-state index contributed by atoms with van der Waals surface area (Å²) in [4.78, 5) is 49.9. The van der Waals surface area contributed by atoms with Crippen LogP contribution in [0.5, 0.6) is 0 Å². The number of urea groups is 2. The summed E-state index contributed by atoms with van der Waals surface area (Å²) in [6.45, 7) is 1.26. The average molecular weight is 388 g/mol. The van der Waals surface area contributed by atoms with Crippen LogP contribution in [0.3, 0.4) is 0 Å². The minimum Gasteiger partial charge on any atom is -0.467 e. The average Bonchev–Trinajstić information content (AvgIpc) is 3.37. The quantitative estimate of drug-likeness (QED) is 0.604. The van der Waals surface area contributed by atoms with Crippen molar-refractivity contribution in [2.45, 2.75) is 25.4 Å². The molecule has 11 nitrogen and oxygen atoms in total. The van der Waals surface area contributed by atoms with E-state index >= 15 is 0 Å². The fourth-order valence-corrected chi connectivity index (χ4v) is 2.99. The number of carbonyl (C=O) groups is 4. The fraction of sp³-hybridized carbons (Fsp3) is 0.353. The molecule has 0 radical (unpaired) electrons. The lowest BCUT2D eigenvalue weighted by Gasteiger charge is -2.23. The fourth-order valence-electron chi connectivity index (χ4n) is 2.99. The molecule has 0 spiro atoms. The summed E-state index contributed by atoms with van der Waals surface area (Å²) in [7, 11) is 1.70. The van der Waals surface area contributed by atoms with Gasteiger partial charge in [0.15, 0.2) is 0 Å². The van der Waals surface area contributed by atoms with E-state index in [2.05, 4.69) is 21.0 Å². The molecule has 0 saturated carbocycles. The van der Waals surface area contributed by atoms with Gasteiger partial charge in [-0.3, -0.25) is 24.5 Å². The first-order valence-corrected chi connectivity index (χ1v) is 8.59. The van der Waals surface area contributed by atoms with E-state index in [1.807, 2.05) is 0 Å². The summed E-state index contributed by atoms with van der Waals surface area (Å²) in [6, 6.07) is 1.86. The highest BCUT2D eigenvalue weighted by molar-refractivity contribution is 6.10. The van der Waals surface area contributed by atoms with Gasteiger partial charge in [0.2, 0.25) is 5.91 Å². The number of rotatable bonds is 6. The molecule has 1 fully saturated rings. The normalized spacial score (nSPS) is 18.9. The minimum atomic E-state index is -1.28. The molecule has 6 amide bonds. The number of hydrogen-bond acceptors (Lipinski definition) is 6. The molecule has 3 heterocycles. The number of imide groups is 2. The second-order valence-corrected chi connectivity index (χ2v) is 6.29. The van der Waals surface area contributed by atoms with Crippen LogP contribution < -0.4 is 16.0 Å². The zero-order chi connectivity index (χ0) is 20.3. The van der Waals surface area contributed by atoms with Gasteiger partial charge in [-0.25, -0.2) is 9.59 Å². The standard InChI is InChI=1S/C17H20N6O5/c1-3-17(11-7-19-22(2)9-11)14(25)23(16(27)21-17)10-13(24)20-15(26)18-8-12-5-4-6-28-12/h4-7,9H,3,8,10H2,1-2H3,(H,21,27)(H2,18,20,24,26). The summed E-state index contributed by atoms with van der Waals surface area (Å²) in [5, 5.41) is 11.2. The SMILES string of the molecule is CCC1(c2cnn(C)c2)NC(=O)N(CC(=O)NC(=O)NCc2ccco2)C1=O. The Balaban J connectivity index is 1.62. The van der Waals surface area contributed by atoms with Gasteiger partial charge in [-0.1, -0.05) is 6.92 Å². The van der Waals surface area contributed by atoms with Crippen molar-refractivity contribution >= 4 is 23.9 Å². The van der Waals surface area contributed by atoms with Crippen LogP contribution in [0.1, 0.15) is 24.7 Å². The molecule has 2 aromatic rings. The van der Waals surface area contributed by atoms with E-state index in [9.17, 15) is 19.2 Å². The van der Waals surface area contributed by atoms with Gasteiger partial charge in [0, 0.05) is 18.8 Å². The Morgan fingerprint density at radius 2 is 2.14 bits per heavy atom. The van der Waals surface area contributed by atoms with Crippen molar-refractivity contribution in [1.29, 1.82) is 0 Å². The van der Waals surface area contributed by atoms with Crippen molar-refractivity contribution in [3.05, 3.63) is 42.1 Å². The second-order valence-electron chi connectivity index (χ2n) is 6.29. The molecular formula is C17H20N6O5. The number of nitrogens with zero attached hydrogens (tertiary/aromatic N) is 3. The van der Waals surface area contributed by atoms with Crippen molar-refractivity contribution in [3.63, 3.8) is 0 Å². The highest BCUT2D eigenvalue weighted by Crippen LogP contribution is 2.31. The Morgan fingerprint density at radius 1 is 1.36 bits per heavy atom. The van der Waals surface area contributed by atoms with Gasteiger partial charge in [0.05, 0.1) is 19.0 Å². The molecule has 11 heteroatoms. The van der Waals surface area contributed by atoms with Crippen LogP contribution >= 0.6 is 0 Å². The van der Waals surface area contributed by atoms with Crippen LogP contribution in [0.4, 0.5) is 9.59 Å². The molecule has 148 valence electrons. The van der Waals surface area contributed by atoms with E-state index in [1.165, 1.54) is 17.1 Å². The third-order valence-corrected chi connectivity index (χ3v) is 4.46. The Kier molecular flexibility index (Phi) is 5.16. The molecular weight excluding hydrogens is 368 g/mol. The van der Waals surface area contributed by atoms with Crippen LogP contribution in [0.2, 0.25) is 0 Å². The predicted octanol–water partition coefficient (Wildman–Crippen LogP) is 0.196. The van der Waals surface area contributed by atoms with Crippen molar-refractivity contribution < 1.29 is 23.6 Å². The van der Waals surface area contributed by atoms with Gasteiger partial charge in [0.25, 0.3) is 5.91 Å². The number of nitrogens with one attached hydrogen (secondary N) is 3. The second kappa shape index (κ2) is 7.55. The van der Waals surface area contributed by atoms with Crippen molar-refractivity contribution in [1.82, 2.24) is 30.6 Å². The minimum absolute atomic E-state index is 0.0925. The van der Waals surface area contributed by atoms with Crippen molar-refractivity contribution in [2.75, 3.05) is 6.54 Å². The maximum Gasteiger partial charge on any atom is 0.325 e. The van der Waals surface area contributed by atoms with Gasteiger partial charge in [-0.15, -0.1) is 0 Å². The zero-order valence-corrected chi connectivity index (χ0v) is 15.4. The molecule has 3 rings (SSSR count). The number of amides is 6. The highest BCUT2D eigenvalue weighted by Gasteiger charge is 2.52. The monoisotopic (exact) mass is 388 g/mol. The lowest BCUT2D eigenvalue weighted by molar-refractivity contribution is -0.135. The van der Waals surface area contributed by atoms with Crippen molar-refractivity contribution in [2.24, 2.45) is 7.05 Å². The predicted molar refractivity (Wildman–Crippen MR) is 94.5 cm³/mol. The van der Waals surface area contributed by atoms with Crippen LogP contribution in [0, 0.1) is 0 Å². The summed E-state index contributed by atoms with van der Waals surface area (Å²) in [5.74, 6) is -0.849. The van der Waals surface area contributed by atoms with E-state index in [-0.39, 0.29) is 13.0 Å². The molecule has 3 N–H and O–H groups in total. The topological polar surface area (TPSA) is 139 Å². The molecule has 2 aromatic heterocycles. The summed E-state index contributed by atoms with van der Waals surface area (Å²) >= 11 is 0. The third-order valence-electron chi connectivity index (χ3n) is 4.46. The first kappa shape index (κ1) is 19.1. The van der Waals surface area contributed by atoms with E-state index in [4.69, 9.17) is 4.42 Å². The summed E-state index contributed by atoms with van der Waals surface area (Å²) in [6.07, 6.45) is 4.87. The van der Waals surface area contributed by atoms with Gasteiger partial charge in [-0.2, -0.15) is 5.10 Å². The van der Waals surface area contributed by atoms with Crippen LogP contribution in [0.15, 0.2) is 35.2 Å². The maximum atomic E-state index is 12.9. The Labute approximate surface area is 160 Å². The van der Waals surface area contributed by atoms with Gasteiger partial charge < -0.3 is 15.1 Å². The number of hydrogen-bond donors (Lipinski definition) is 3. The Morgan fingerprint density at radius 3 is 2.75 bits per heavy atom. The van der Waals surface area contributed by atoms with Crippen LogP contribution in [0.25, 0.3) is 0 Å². The highest BCUT2D eigenvalue weighted by atomic mass is 16.3. The molecule has 28 heavy (non-hydrogen) atoms. The largest absolute Gasteiger partial charge is 0.467 e. The smallest absolute Gasteiger partial charge is 0.325 e. The van der Waals surface area contributed by atoms with E-state index < -0.39 is 36.0 Å². The van der Waals surface area contributed by atoms with E-state index in [0.717, 1.165) is 4.90 Å². The number of furan rings is 1. The molecule has 0 bridgehead atoms.